The Morgan fingerprint density at radius 2 is 1.69 bits per heavy atom. The zero-order valence-corrected chi connectivity index (χ0v) is 14.6. The van der Waals surface area contributed by atoms with Crippen LogP contribution >= 0.6 is 0 Å². The Labute approximate surface area is 150 Å². The third kappa shape index (κ3) is 3.64. The van der Waals surface area contributed by atoms with Crippen LogP contribution in [0.5, 0.6) is 0 Å². The molecule has 1 amide bonds. The van der Waals surface area contributed by atoms with Crippen molar-refractivity contribution in [2.45, 2.75) is 26.9 Å². The van der Waals surface area contributed by atoms with Crippen LogP contribution in [0.4, 0.5) is 8.78 Å². The molecule has 1 aromatic heterocycles. The fourth-order valence-electron chi connectivity index (χ4n) is 2.87. The van der Waals surface area contributed by atoms with Gasteiger partial charge in [-0.2, -0.15) is 5.10 Å². The van der Waals surface area contributed by atoms with Crippen LogP contribution in [0, 0.1) is 25.5 Å². The highest BCUT2D eigenvalue weighted by atomic mass is 19.1. The molecular weight excluding hydrogens is 336 g/mol. The average Bonchev–Trinajstić information content (AvgIpc) is 2.87. The first-order valence-corrected chi connectivity index (χ1v) is 8.26. The number of aromatic nitrogens is 2. The first-order chi connectivity index (χ1) is 12.5. The molecule has 3 aromatic rings. The molecule has 1 N–H and O–H groups in total. The first-order valence-electron chi connectivity index (χ1n) is 8.26. The molecule has 0 saturated heterocycles. The minimum Gasteiger partial charge on any atom is -0.348 e. The molecule has 1 heterocycles. The highest BCUT2D eigenvalue weighted by Gasteiger charge is 2.18. The van der Waals surface area contributed by atoms with Crippen molar-refractivity contribution in [3.63, 3.8) is 0 Å². The maximum atomic E-state index is 13.7. The minimum absolute atomic E-state index is 0.152. The van der Waals surface area contributed by atoms with Gasteiger partial charge in [0, 0.05) is 17.8 Å². The van der Waals surface area contributed by atoms with Crippen molar-refractivity contribution in [3.05, 3.63) is 88.2 Å². The number of carbonyl (C=O) groups is 1. The Bertz CT molecular complexity index is 915. The second-order valence-electron chi connectivity index (χ2n) is 6.07. The van der Waals surface area contributed by atoms with Crippen molar-refractivity contribution < 1.29 is 13.6 Å². The smallest absolute Gasteiger partial charge is 0.257 e. The molecule has 26 heavy (non-hydrogen) atoms. The van der Waals surface area contributed by atoms with Crippen LogP contribution in [-0.4, -0.2) is 15.7 Å². The zero-order valence-electron chi connectivity index (χ0n) is 14.6. The summed E-state index contributed by atoms with van der Waals surface area (Å²) in [5.74, 6) is -2.54. The molecule has 0 aliphatic carbocycles. The average molecular weight is 355 g/mol. The van der Waals surface area contributed by atoms with Crippen molar-refractivity contribution >= 4 is 5.91 Å². The molecule has 3 rings (SSSR count). The second-order valence-corrected chi connectivity index (χ2v) is 6.07. The molecule has 4 nitrogen and oxygen atoms in total. The van der Waals surface area contributed by atoms with E-state index in [2.05, 4.69) is 10.4 Å². The molecular formula is C20H19F2N3O. The van der Waals surface area contributed by atoms with Crippen LogP contribution in [0.3, 0.4) is 0 Å². The van der Waals surface area contributed by atoms with Gasteiger partial charge < -0.3 is 5.32 Å². The first kappa shape index (κ1) is 17.8. The van der Waals surface area contributed by atoms with E-state index in [1.807, 2.05) is 48.9 Å². The molecule has 2 aromatic carbocycles. The number of aryl methyl sites for hydroxylation is 1. The van der Waals surface area contributed by atoms with Crippen molar-refractivity contribution in [2.24, 2.45) is 0 Å². The van der Waals surface area contributed by atoms with Gasteiger partial charge in [0.15, 0.2) is 0 Å². The van der Waals surface area contributed by atoms with Crippen molar-refractivity contribution in [3.8, 4) is 0 Å². The number of benzene rings is 2. The molecule has 0 saturated carbocycles. The van der Waals surface area contributed by atoms with E-state index in [0.29, 0.717) is 6.54 Å². The Morgan fingerprint density at radius 1 is 1.04 bits per heavy atom. The van der Waals surface area contributed by atoms with E-state index >= 15 is 0 Å². The Balaban J connectivity index is 1.75. The van der Waals surface area contributed by atoms with Gasteiger partial charge >= 0.3 is 0 Å². The van der Waals surface area contributed by atoms with Gasteiger partial charge in [0.05, 0.1) is 12.2 Å². The normalized spacial score (nSPS) is 10.8. The lowest BCUT2D eigenvalue weighted by Gasteiger charge is -2.08. The van der Waals surface area contributed by atoms with E-state index in [9.17, 15) is 13.6 Å². The second kappa shape index (κ2) is 7.47. The number of amides is 1. The largest absolute Gasteiger partial charge is 0.348 e. The third-order valence-electron chi connectivity index (χ3n) is 4.32. The number of nitrogens with zero attached hydrogens (tertiary/aromatic N) is 2. The lowest BCUT2D eigenvalue weighted by molar-refractivity contribution is 0.0942. The highest BCUT2D eigenvalue weighted by molar-refractivity contribution is 5.94. The van der Waals surface area contributed by atoms with Crippen molar-refractivity contribution in [1.29, 1.82) is 0 Å². The number of carbonyl (C=O) groups excluding carboxylic acids is 1. The van der Waals surface area contributed by atoms with Crippen LogP contribution in [-0.2, 0) is 13.1 Å². The summed E-state index contributed by atoms with van der Waals surface area (Å²) in [5, 5.41) is 7.09. The summed E-state index contributed by atoms with van der Waals surface area (Å²) in [5.41, 5.74) is 3.06. The quantitative estimate of drug-likeness (QED) is 0.758. The summed E-state index contributed by atoms with van der Waals surface area (Å²) in [7, 11) is 0. The zero-order chi connectivity index (χ0) is 18.7. The predicted molar refractivity (Wildman–Crippen MR) is 94.8 cm³/mol. The van der Waals surface area contributed by atoms with E-state index in [1.54, 1.807) is 0 Å². The summed E-state index contributed by atoms with van der Waals surface area (Å²) in [6.45, 7) is 4.52. The molecule has 0 bridgehead atoms. The van der Waals surface area contributed by atoms with Crippen LogP contribution in [0.25, 0.3) is 0 Å². The van der Waals surface area contributed by atoms with Crippen molar-refractivity contribution in [1.82, 2.24) is 15.1 Å². The SMILES string of the molecule is Cc1nn(Cc2ccccc2)c(C)c1CNC(=O)c1c(F)cccc1F. The van der Waals surface area contributed by atoms with Gasteiger partial charge in [-0.25, -0.2) is 8.78 Å². The molecule has 0 unspecified atom stereocenters. The summed E-state index contributed by atoms with van der Waals surface area (Å²) >= 11 is 0. The molecule has 0 atom stereocenters. The third-order valence-corrected chi connectivity index (χ3v) is 4.32. The van der Waals surface area contributed by atoms with Gasteiger partial charge in [0.1, 0.15) is 17.2 Å². The van der Waals surface area contributed by atoms with Crippen LogP contribution < -0.4 is 5.32 Å². The maximum Gasteiger partial charge on any atom is 0.257 e. The van der Waals surface area contributed by atoms with Gasteiger partial charge in [-0.1, -0.05) is 36.4 Å². The summed E-state index contributed by atoms with van der Waals surface area (Å²) < 4.78 is 29.3. The van der Waals surface area contributed by atoms with E-state index in [-0.39, 0.29) is 6.54 Å². The van der Waals surface area contributed by atoms with Gasteiger partial charge in [-0.3, -0.25) is 9.48 Å². The lowest BCUT2D eigenvalue weighted by Crippen LogP contribution is -2.25. The summed E-state index contributed by atoms with van der Waals surface area (Å²) in [6.07, 6.45) is 0. The number of halogens is 2. The number of hydrogen-bond acceptors (Lipinski definition) is 2. The Morgan fingerprint density at radius 3 is 2.35 bits per heavy atom. The van der Waals surface area contributed by atoms with Crippen LogP contribution in [0.15, 0.2) is 48.5 Å². The lowest BCUT2D eigenvalue weighted by atomic mass is 10.1. The van der Waals surface area contributed by atoms with Gasteiger partial charge in [0.25, 0.3) is 5.91 Å². The summed E-state index contributed by atoms with van der Waals surface area (Å²) in [4.78, 5) is 12.2. The predicted octanol–water partition coefficient (Wildman–Crippen LogP) is 3.76. The molecule has 6 heteroatoms. The van der Waals surface area contributed by atoms with E-state index in [0.717, 1.165) is 34.6 Å². The Hall–Kier alpha value is -3.02. The van der Waals surface area contributed by atoms with Gasteiger partial charge in [0.2, 0.25) is 0 Å². The summed E-state index contributed by atoms with van der Waals surface area (Å²) in [6, 6.07) is 13.3. The van der Waals surface area contributed by atoms with E-state index < -0.39 is 23.1 Å². The molecule has 134 valence electrons. The molecule has 0 aliphatic rings. The van der Waals surface area contributed by atoms with Crippen LogP contribution in [0.2, 0.25) is 0 Å². The van der Waals surface area contributed by atoms with Crippen molar-refractivity contribution in [2.75, 3.05) is 0 Å². The Kier molecular flexibility index (Phi) is 5.11. The van der Waals surface area contributed by atoms with Crippen LogP contribution in [0.1, 0.15) is 32.9 Å². The number of nitrogens with one attached hydrogen (secondary N) is 1. The molecule has 0 fully saturated rings. The fourth-order valence-corrected chi connectivity index (χ4v) is 2.87. The molecule has 0 radical (unpaired) electrons. The minimum atomic E-state index is -0.879. The standard InChI is InChI=1S/C20H19F2N3O/c1-13-16(11-23-20(26)19-17(21)9-6-10-18(19)22)14(2)25(24-13)12-15-7-4-3-5-8-15/h3-10H,11-12H2,1-2H3,(H,23,26). The number of rotatable bonds is 5. The number of hydrogen-bond donors (Lipinski definition) is 1. The molecule has 0 aliphatic heterocycles. The van der Waals surface area contributed by atoms with E-state index in [4.69, 9.17) is 0 Å². The van der Waals surface area contributed by atoms with Gasteiger partial charge in [-0.05, 0) is 31.5 Å². The topological polar surface area (TPSA) is 46.9 Å². The monoisotopic (exact) mass is 355 g/mol. The maximum absolute atomic E-state index is 13.7. The van der Waals surface area contributed by atoms with Gasteiger partial charge in [-0.15, -0.1) is 0 Å². The molecule has 0 spiro atoms. The highest BCUT2D eigenvalue weighted by Crippen LogP contribution is 2.16. The fraction of sp³-hybridized carbons (Fsp3) is 0.200. The van der Waals surface area contributed by atoms with E-state index in [1.165, 1.54) is 6.07 Å².